The van der Waals surface area contributed by atoms with Crippen LogP contribution in [-0.2, 0) is 11.4 Å². The molecule has 172 valence electrons. The van der Waals surface area contributed by atoms with Crippen LogP contribution in [0.5, 0.6) is 11.5 Å². The fourth-order valence-corrected chi connectivity index (χ4v) is 5.33. The molecular weight excluding hydrogens is 543 g/mol. The molecule has 0 radical (unpaired) electrons. The fraction of sp³-hybridized carbons (Fsp3) is 0.269. The molecule has 0 bridgehead atoms. The van der Waals surface area contributed by atoms with Crippen molar-refractivity contribution in [2.45, 2.75) is 31.8 Å². The van der Waals surface area contributed by atoms with Gasteiger partial charge in [-0.1, -0.05) is 18.2 Å². The molecule has 1 aliphatic carbocycles. The van der Waals surface area contributed by atoms with Gasteiger partial charge in [-0.05, 0) is 59.2 Å². The summed E-state index contributed by atoms with van der Waals surface area (Å²) in [5.74, 6) is 0.868. The van der Waals surface area contributed by atoms with Gasteiger partial charge in [0, 0.05) is 30.3 Å². The molecule has 2 aromatic rings. The van der Waals surface area contributed by atoms with E-state index >= 15 is 0 Å². The number of rotatable bonds is 5. The number of halogens is 1. The van der Waals surface area contributed by atoms with Crippen molar-refractivity contribution in [3.63, 3.8) is 0 Å². The fourth-order valence-electron chi connectivity index (χ4n) is 4.55. The lowest BCUT2D eigenvalue weighted by atomic mass is 9.76. The van der Waals surface area contributed by atoms with E-state index < -0.39 is 5.92 Å². The molecule has 34 heavy (non-hydrogen) atoms. The van der Waals surface area contributed by atoms with Gasteiger partial charge in [0.1, 0.15) is 12.4 Å². The van der Waals surface area contributed by atoms with Gasteiger partial charge in [0.15, 0.2) is 17.3 Å². The molecule has 0 spiro atoms. The molecule has 0 unspecified atom stereocenters. The number of methoxy groups -OCH3 is 1. The zero-order valence-electron chi connectivity index (χ0n) is 18.9. The van der Waals surface area contributed by atoms with E-state index in [-0.39, 0.29) is 12.4 Å². The van der Waals surface area contributed by atoms with Crippen LogP contribution in [0.1, 0.15) is 41.9 Å². The standard InChI is InChI=1S/C26H23IN4O3/c1-31-20-8-5-9-21(32)24(20)23(18(13-29)26(31)30)17-10-19(27)25(22(11-17)33-2)34-14-16-7-4-3-6-15(16)12-28/h3-4,6-7,10-11,23H,5,8-9,14,30H2,1-2H3/t23-/m1/s1. The number of nitriles is 2. The highest BCUT2D eigenvalue weighted by Gasteiger charge is 2.39. The lowest BCUT2D eigenvalue weighted by Gasteiger charge is -2.37. The van der Waals surface area contributed by atoms with Gasteiger partial charge in [0.05, 0.1) is 39.9 Å². The summed E-state index contributed by atoms with van der Waals surface area (Å²) in [6.45, 7) is 0.202. The molecule has 1 atom stereocenters. The van der Waals surface area contributed by atoms with Crippen LogP contribution in [0.2, 0.25) is 0 Å². The number of nitrogens with two attached hydrogens (primary N) is 1. The molecule has 1 heterocycles. The van der Waals surface area contributed by atoms with Crippen LogP contribution in [0.3, 0.4) is 0 Å². The van der Waals surface area contributed by atoms with Gasteiger partial charge >= 0.3 is 0 Å². The van der Waals surface area contributed by atoms with Crippen LogP contribution in [0.4, 0.5) is 0 Å². The molecule has 2 aliphatic rings. The second-order valence-corrected chi connectivity index (χ2v) is 9.29. The van der Waals surface area contributed by atoms with E-state index in [0.29, 0.717) is 40.5 Å². The van der Waals surface area contributed by atoms with Gasteiger partial charge in [0.2, 0.25) is 0 Å². The summed E-state index contributed by atoms with van der Waals surface area (Å²) in [7, 11) is 3.35. The Hall–Kier alpha value is -3.50. The quantitative estimate of drug-likeness (QED) is 0.532. The third-order valence-corrected chi connectivity index (χ3v) is 7.06. The minimum absolute atomic E-state index is 0.0424. The maximum Gasteiger partial charge on any atom is 0.174 e. The Kier molecular flexibility index (Phi) is 6.80. The van der Waals surface area contributed by atoms with Crippen molar-refractivity contribution in [2.24, 2.45) is 5.73 Å². The lowest BCUT2D eigenvalue weighted by molar-refractivity contribution is -0.116. The molecule has 0 saturated heterocycles. The third-order valence-electron chi connectivity index (χ3n) is 6.26. The predicted molar refractivity (Wildman–Crippen MR) is 134 cm³/mol. The maximum absolute atomic E-state index is 13.0. The molecule has 1 aliphatic heterocycles. The highest BCUT2D eigenvalue weighted by atomic mass is 127. The van der Waals surface area contributed by atoms with Gasteiger partial charge in [-0.3, -0.25) is 4.79 Å². The Bertz CT molecular complexity index is 1320. The Morgan fingerprint density at radius 1 is 1.21 bits per heavy atom. The Morgan fingerprint density at radius 3 is 2.68 bits per heavy atom. The van der Waals surface area contributed by atoms with Crippen molar-refractivity contribution in [1.29, 1.82) is 10.5 Å². The largest absolute Gasteiger partial charge is 0.493 e. The van der Waals surface area contributed by atoms with Crippen molar-refractivity contribution < 1.29 is 14.3 Å². The molecule has 2 N–H and O–H groups in total. The zero-order chi connectivity index (χ0) is 24.4. The van der Waals surface area contributed by atoms with Gasteiger partial charge in [0.25, 0.3) is 0 Å². The van der Waals surface area contributed by atoms with Crippen LogP contribution in [0, 0.1) is 26.2 Å². The molecule has 0 fully saturated rings. The molecule has 8 heteroatoms. The number of carbonyl (C=O) groups is 1. The number of ether oxygens (including phenoxy) is 2. The van der Waals surface area contributed by atoms with Crippen LogP contribution in [0.15, 0.2) is 59.1 Å². The topological polar surface area (TPSA) is 112 Å². The molecule has 7 nitrogen and oxygen atoms in total. The van der Waals surface area contributed by atoms with E-state index in [2.05, 4.69) is 34.7 Å². The van der Waals surface area contributed by atoms with Gasteiger partial charge in [-0.25, -0.2) is 0 Å². The van der Waals surface area contributed by atoms with Crippen LogP contribution >= 0.6 is 22.6 Å². The summed E-state index contributed by atoms with van der Waals surface area (Å²) < 4.78 is 12.5. The summed E-state index contributed by atoms with van der Waals surface area (Å²) in [4.78, 5) is 14.8. The number of carbonyl (C=O) groups excluding carboxylic acids is 1. The molecule has 0 aromatic heterocycles. The van der Waals surface area contributed by atoms with E-state index in [1.807, 2.05) is 24.3 Å². The van der Waals surface area contributed by atoms with Crippen molar-refractivity contribution in [3.05, 3.63) is 79.3 Å². The van der Waals surface area contributed by atoms with Crippen molar-refractivity contribution in [1.82, 2.24) is 4.90 Å². The smallest absolute Gasteiger partial charge is 0.174 e. The summed E-state index contributed by atoms with van der Waals surface area (Å²) in [5, 5.41) is 19.3. The SMILES string of the molecule is COc1cc([C@@H]2C(C#N)=C(N)N(C)C3=C2C(=O)CCC3)cc(I)c1OCc1ccccc1C#N. The number of nitrogens with zero attached hydrogens (tertiary/aromatic N) is 3. The average molecular weight is 566 g/mol. The Morgan fingerprint density at radius 2 is 1.97 bits per heavy atom. The number of allylic oxidation sites excluding steroid dienone is 3. The first-order valence-electron chi connectivity index (χ1n) is 10.8. The predicted octanol–water partition coefficient (Wildman–Crippen LogP) is 4.48. The second kappa shape index (κ2) is 9.78. The van der Waals surface area contributed by atoms with Crippen LogP contribution < -0.4 is 15.2 Å². The van der Waals surface area contributed by atoms with Crippen LogP contribution in [0.25, 0.3) is 0 Å². The minimum Gasteiger partial charge on any atom is -0.493 e. The summed E-state index contributed by atoms with van der Waals surface area (Å²) >= 11 is 2.16. The first kappa shape index (κ1) is 23.7. The number of hydrogen-bond acceptors (Lipinski definition) is 7. The average Bonchev–Trinajstić information content (AvgIpc) is 2.85. The van der Waals surface area contributed by atoms with Crippen molar-refractivity contribution >= 4 is 28.4 Å². The number of benzene rings is 2. The molecule has 0 saturated carbocycles. The zero-order valence-corrected chi connectivity index (χ0v) is 21.0. The van der Waals surface area contributed by atoms with Crippen LogP contribution in [-0.4, -0.2) is 24.8 Å². The van der Waals surface area contributed by atoms with Crippen molar-refractivity contribution in [3.8, 4) is 23.6 Å². The molecule has 2 aromatic carbocycles. The van der Waals surface area contributed by atoms with Gasteiger partial charge in [-0.15, -0.1) is 0 Å². The maximum atomic E-state index is 13.0. The van der Waals surface area contributed by atoms with E-state index in [0.717, 1.165) is 33.2 Å². The molecule has 4 rings (SSSR count). The lowest BCUT2D eigenvalue weighted by Crippen LogP contribution is -2.36. The highest BCUT2D eigenvalue weighted by Crippen LogP contribution is 2.46. The van der Waals surface area contributed by atoms with E-state index in [1.165, 1.54) is 0 Å². The third kappa shape index (κ3) is 4.10. The molecular formula is C26H23IN4O3. The number of Topliss-reactive ketones (excluding diaryl/α,β-unsaturated/α-hetero) is 1. The normalized spacial score (nSPS) is 17.7. The summed E-state index contributed by atoms with van der Waals surface area (Å²) in [5.41, 5.74) is 10.3. The van der Waals surface area contributed by atoms with Gasteiger partial charge in [-0.2, -0.15) is 10.5 Å². The Labute approximate surface area is 212 Å². The second-order valence-electron chi connectivity index (χ2n) is 8.13. The number of hydrogen-bond donors (Lipinski definition) is 1. The number of ketones is 1. The Balaban J connectivity index is 1.77. The first-order chi connectivity index (χ1) is 16.4. The molecule has 0 amide bonds. The minimum atomic E-state index is -0.556. The summed E-state index contributed by atoms with van der Waals surface area (Å²) in [6.07, 6.45) is 1.96. The van der Waals surface area contributed by atoms with Gasteiger partial charge < -0.3 is 20.1 Å². The monoisotopic (exact) mass is 566 g/mol. The first-order valence-corrected chi connectivity index (χ1v) is 11.9. The van der Waals surface area contributed by atoms with Crippen molar-refractivity contribution in [2.75, 3.05) is 14.2 Å². The highest BCUT2D eigenvalue weighted by molar-refractivity contribution is 14.1. The van der Waals surface area contributed by atoms with E-state index in [1.54, 1.807) is 31.2 Å². The summed E-state index contributed by atoms with van der Waals surface area (Å²) in [6, 6.07) is 15.4. The van der Waals surface area contributed by atoms with E-state index in [9.17, 15) is 15.3 Å². The van der Waals surface area contributed by atoms with E-state index in [4.69, 9.17) is 15.2 Å².